The van der Waals surface area contributed by atoms with Crippen molar-refractivity contribution < 1.29 is 9.47 Å². The van der Waals surface area contributed by atoms with Gasteiger partial charge in [-0.15, -0.1) is 0 Å². The third kappa shape index (κ3) is 3.21. The molecular formula is C14H13BrO2S. The fraction of sp³-hybridized carbons (Fsp3) is 0.143. The molecule has 0 saturated heterocycles. The van der Waals surface area contributed by atoms with Gasteiger partial charge in [-0.05, 0) is 36.4 Å². The maximum absolute atomic E-state index is 5.37. The molecule has 0 unspecified atom stereocenters. The highest BCUT2D eigenvalue weighted by molar-refractivity contribution is 9.10. The highest BCUT2D eigenvalue weighted by atomic mass is 79.9. The van der Waals surface area contributed by atoms with Gasteiger partial charge >= 0.3 is 0 Å². The Morgan fingerprint density at radius 3 is 2.28 bits per heavy atom. The van der Waals surface area contributed by atoms with Crippen LogP contribution in [-0.2, 0) is 0 Å². The summed E-state index contributed by atoms with van der Waals surface area (Å²) in [7, 11) is 3.32. The molecule has 0 spiro atoms. The molecule has 2 aromatic rings. The van der Waals surface area contributed by atoms with Gasteiger partial charge < -0.3 is 9.47 Å². The lowest BCUT2D eigenvalue weighted by Crippen LogP contribution is -1.89. The Kier molecular flexibility index (Phi) is 4.55. The van der Waals surface area contributed by atoms with Crippen molar-refractivity contribution in [1.82, 2.24) is 0 Å². The molecule has 2 aromatic carbocycles. The quantitative estimate of drug-likeness (QED) is 0.817. The number of ether oxygens (including phenoxy) is 2. The van der Waals surface area contributed by atoms with Gasteiger partial charge in [0.25, 0.3) is 0 Å². The summed E-state index contributed by atoms with van der Waals surface area (Å²) >= 11 is 5.09. The standard InChI is InChI=1S/C14H13BrO2S/c1-16-11-5-8-14(13(9-11)17-2)18-12-6-3-10(15)4-7-12/h3-9H,1-2H3. The average molecular weight is 325 g/mol. The van der Waals surface area contributed by atoms with E-state index in [1.807, 2.05) is 30.3 Å². The van der Waals surface area contributed by atoms with E-state index in [0.29, 0.717) is 0 Å². The second kappa shape index (κ2) is 6.16. The summed E-state index contributed by atoms with van der Waals surface area (Å²) in [6.07, 6.45) is 0. The molecule has 2 nitrogen and oxygen atoms in total. The number of methoxy groups -OCH3 is 2. The Bertz CT molecular complexity index is 526. The molecule has 94 valence electrons. The van der Waals surface area contributed by atoms with Crippen LogP contribution in [0, 0.1) is 0 Å². The molecule has 0 bridgehead atoms. The van der Waals surface area contributed by atoms with Crippen LogP contribution in [0.2, 0.25) is 0 Å². The normalized spacial score (nSPS) is 10.2. The Morgan fingerprint density at radius 2 is 1.67 bits per heavy atom. The van der Waals surface area contributed by atoms with Crippen molar-refractivity contribution in [3.8, 4) is 11.5 Å². The van der Waals surface area contributed by atoms with Crippen LogP contribution >= 0.6 is 27.7 Å². The van der Waals surface area contributed by atoms with E-state index < -0.39 is 0 Å². The van der Waals surface area contributed by atoms with Crippen LogP contribution in [0.3, 0.4) is 0 Å². The van der Waals surface area contributed by atoms with Gasteiger partial charge in [0.1, 0.15) is 11.5 Å². The molecule has 4 heteroatoms. The first-order chi connectivity index (χ1) is 8.72. The number of rotatable bonds is 4. The zero-order chi connectivity index (χ0) is 13.0. The van der Waals surface area contributed by atoms with Gasteiger partial charge in [0.05, 0.1) is 19.1 Å². The number of hydrogen-bond acceptors (Lipinski definition) is 3. The first-order valence-corrected chi connectivity index (χ1v) is 6.99. The number of benzene rings is 2. The van der Waals surface area contributed by atoms with Crippen LogP contribution < -0.4 is 9.47 Å². The SMILES string of the molecule is COc1ccc(Sc2ccc(Br)cc2)c(OC)c1. The molecule has 0 fully saturated rings. The minimum atomic E-state index is 0.798. The van der Waals surface area contributed by atoms with Gasteiger partial charge in [0.2, 0.25) is 0 Å². The van der Waals surface area contributed by atoms with Crippen LogP contribution in [0.1, 0.15) is 0 Å². The van der Waals surface area contributed by atoms with Crippen molar-refractivity contribution >= 4 is 27.7 Å². The number of halogens is 1. The van der Waals surface area contributed by atoms with E-state index in [2.05, 4.69) is 28.1 Å². The molecule has 0 amide bonds. The summed E-state index contributed by atoms with van der Waals surface area (Å²) in [6, 6.07) is 14.0. The van der Waals surface area contributed by atoms with E-state index >= 15 is 0 Å². The highest BCUT2D eigenvalue weighted by Gasteiger charge is 2.06. The summed E-state index contributed by atoms with van der Waals surface area (Å²) in [5.41, 5.74) is 0. The maximum atomic E-state index is 5.37. The van der Waals surface area contributed by atoms with Gasteiger partial charge in [-0.25, -0.2) is 0 Å². The Hall–Kier alpha value is -1.13. The topological polar surface area (TPSA) is 18.5 Å². The molecule has 2 rings (SSSR count). The predicted octanol–water partition coefficient (Wildman–Crippen LogP) is 4.62. The van der Waals surface area contributed by atoms with Gasteiger partial charge in [-0.1, -0.05) is 27.7 Å². The van der Waals surface area contributed by atoms with Crippen LogP contribution in [-0.4, -0.2) is 14.2 Å². The van der Waals surface area contributed by atoms with Gasteiger partial charge in [0, 0.05) is 15.4 Å². The first kappa shape index (κ1) is 13.3. The van der Waals surface area contributed by atoms with E-state index in [-0.39, 0.29) is 0 Å². The molecule has 0 radical (unpaired) electrons. The highest BCUT2D eigenvalue weighted by Crippen LogP contribution is 2.37. The minimum absolute atomic E-state index is 0.798. The van der Waals surface area contributed by atoms with Crippen molar-refractivity contribution in [2.75, 3.05) is 14.2 Å². The van der Waals surface area contributed by atoms with Crippen LogP contribution in [0.5, 0.6) is 11.5 Å². The fourth-order valence-corrected chi connectivity index (χ4v) is 2.66. The third-order valence-corrected chi connectivity index (χ3v) is 4.01. The molecular weight excluding hydrogens is 312 g/mol. The van der Waals surface area contributed by atoms with Gasteiger partial charge in [-0.3, -0.25) is 0 Å². The molecule has 18 heavy (non-hydrogen) atoms. The van der Waals surface area contributed by atoms with E-state index in [9.17, 15) is 0 Å². The fourth-order valence-electron chi connectivity index (χ4n) is 1.49. The molecule has 0 aliphatic carbocycles. The summed E-state index contributed by atoms with van der Waals surface area (Å²) in [5, 5.41) is 0. The van der Waals surface area contributed by atoms with Crippen molar-refractivity contribution in [3.05, 3.63) is 46.9 Å². The van der Waals surface area contributed by atoms with Crippen LogP contribution in [0.25, 0.3) is 0 Å². The number of hydrogen-bond donors (Lipinski definition) is 0. The molecule has 0 aromatic heterocycles. The van der Waals surface area contributed by atoms with Crippen molar-refractivity contribution in [1.29, 1.82) is 0 Å². The lowest BCUT2D eigenvalue weighted by molar-refractivity contribution is 0.387. The van der Waals surface area contributed by atoms with Gasteiger partial charge in [-0.2, -0.15) is 0 Å². The second-order valence-corrected chi connectivity index (χ2v) is 5.60. The summed E-state index contributed by atoms with van der Waals surface area (Å²) < 4.78 is 11.6. The largest absolute Gasteiger partial charge is 0.497 e. The molecule has 0 aliphatic heterocycles. The molecule has 0 aliphatic rings. The Morgan fingerprint density at radius 1 is 0.944 bits per heavy atom. The summed E-state index contributed by atoms with van der Waals surface area (Å²) in [5.74, 6) is 1.62. The summed E-state index contributed by atoms with van der Waals surface area (Å²) in [6.45, 7) is 0. The molecule has 0 heterocycles. The second-order valence-electron chi connectivity index (χ2n) is 3.57. The van der Waals surface area contributed by atoms with E-state index in [1.54, 1.807) is 26.0 Å². The van der Waals surface area contributed by atoms with Crippen molar-refractivity contribution in [2.24, 2.45) is 0 Å². The first-order valence-electron chi connectivity index (χ1n) is 5.38. The maximum Gasteiger partial charge on any atom is 0.136 e. The molecule has 0 N–H and O–H groups in total. The van der Waals surface area contributed by atoms with Crippen molar-refractivity contribution in [3.63, 3.8) is 0 Å². The van der Waals surface area contributed by atoms with E-state index in [0.717, 1.165) is 20.9 Å². The molecule has 0 saturated carbocycles. The zero-order valence-electron chi connectivity index (χ0n) is 10.1. The Balaban J connectivity index is 2.25. The zero-order valence-corrected chi connectivity index (χ0v) is 12.5. The van der Waals surface area contributed by atoms with E-state index in [4.69, 9.17) is 9.47 Å². The van der Waals surface area contributed by atoms with E-state index in [1.165, 1.54) is 4.90 Å². The molecule has 0 atom stereocenters. The van der Waals surface area contributed by atoms with Crippen LogP contribution in [0.15, 0.2) is 56.7 Å². The average Bonchev–Trinajstić information content (AvgIpc) is 2.41. The lowest BCUT2D eigenvalue weighted by atomic mass is 10.3. The Labute approximate surface area is 119 Å². The minimum Gasteiger partial charge on any atom is -0.497 e. The smallest absolute Gasteiger partial charge is 0.136 e. The third-order valence-electron chi connectivity index (χ3n) is 2.41. The monoisotopic (exact) mass is 324 g/mol. The lowest BCUT2D eigenvalue weighted by Gasteiger charge is -2.09. The van der Waals surface area contributed by atoms with Gasteiger partial charge in [0.15, 0.2) is 0 Å². The van der Waals surface area contributed by atoms with Crippen molar-refractivity contribution in [2.45, 2.75) is 9.79 Å². The predicted molar refractivity (Wildman–Crippen MR) is 77.8 cm³/mol. The summed E-state index contributed by atoms with van der Waals surface area (Å²) in [4.78, 5) is 2.24. The van der Waals surface area contributed by atoms with Crippen LogP contribution in [0.4, 0.5) is 0 Å².